The van der Waals surface area contributed by atoms with E-state index >= 15 is 0 Å². The van der Waals surface area contributed by atoms with Gasteiger partial charge < -0.3 is 10.1 Å². The van der Waals surface area contributed by atoms with Crippen LogP contribution in [0.2, 0.25) is 0 Å². The number of aromatic nitrogens is 4. The molecule has 162 valence electrons. The number of rotatable bonds is 8. The first-order valence-electron chi connectivity index (χ1n) is 10.7. The zero-order chi connectivity index (χ0) is 21.5. The molecule has 1 saturated carbocycles. The summed E-state index contributed by atoms with van der Waals surface area (Å²) < 4.78 is 7.88. The van der Waals surface area contributed by atoms with Crippen LogP contribution in [0.5, 0.6) is 5.75 Å². The van der Waals surface area contributed by atoms with E-state index in [0.29, 0.717) is 29.2 Å². The molecule has 2 heterocycles. The molecule has 1 amide bonds. The predicted octanol–water partition coefficient (Wildman–Crippen LogP) is 4.66. The Hall–Kier alpha value is -2.87. The third kappa shape index (κ3) is 5.85. The van der Waals surface area contributed by atoms with E-state index in [-0.39, 0.29) is 11.7 Å². The number of benzene rings is 1. The van der Waals surface area contributed by atoms with Gasteiger partial charge in [0.1, 0.15) is 6.33 Å². The van der Waals surface area contributed by atoms with E-state index < -0.39 is 0 Å². The first-order chi connectivity index (χ1) is 15.2. The van der Waals surface area contributed by atoms with Crippen molar-refractivity contribution >= 4 is 23.5 Å². The number of ether oxygens (including phenoxy) is 1. The molecule has 7 nitrogen and oxygen atoms in total. The molecule has 0 bridgehead atoms. The summed E-state index contributed by atoms with van der Waals surface area (Å²) in [4.78, 5) is 16.9. The lowest BCUT2D eigenvalue weighted by atomic mass is 9.90. The fourth-order valence-corrected chi connectivity index (χ4v) is 4.39. The Kier molecular flexibility index (Phi) is 7.19. The third-order valence-corrected chi connectivity index (χ3v) is 6.33. The third-order valence-electron chi connectivity index (χ3n) is 5.39. The van der Waals surface area contributed by atoms with Crippen LogP contribution in [0.15, 0.2) is 54.1 Å². The Balaban J connectivity index is 1.34. The minimum absolute atomic E-state index is 0.162. The van der Waals surface area contributed by atoms with Gasteiger partial charge in [-0.05, 0) is 49.9 Å². The lowest BCUT2D eigenvalue weighted by Gasteiger charge is -2.22. The van der Waals surface area contributed by atoms with Gasteiger partial charge >= 0.3 is 0 Å². The Bertz CT molecular complexity index is 999. The van der Waals surface area contributed by atoms with Crippen LogP contribution in [0.3, 0.4) is 0 Å². The van der Waals surface area contributed by atoms with E-state index in [4.69, 9.17) is 4.74 Å². The fourth-order valence-electron chi connectivity index (χ4n) is 3.67. The van der Waals surface area contributed by atoms with Crippen LogP contribution >= 0.6 is 11.8 Å². The zero-order valence-corrected chi connectivity index (χ0v) is 18.5. The summed E-state index contributed by atoms with van der Waals surface area (Å²) >= 11 is 1.33. The summed E-state index contributed by atoms with van der Waals surface area (Å²) in [6.45, 7) is 2.71. The molecule has 0 radical (unpaired) electrons. The van der Waals surface area contributed by atoms with E-state index in [1.54, 1.807) is 12.5 Å². The summed E-state index contributed by atoms with van der Waals surface area (Å²) in [6.07, 6.45) is 9.59. The number of carbonyl (C=O) groups is 1. The largest absolute Gasteiger partial charge is 0.489 e. The molecule has 0 atom stereocenters. The molecule has 0 saturated heterocycles. The van der Waals surface area contributed by atoms with Crippen LogP contribution < -0.4 is 10.1 Å². The smallest absolute Gasteiger partial charge is 0.236 e. The number of amides is 1. The number of thioether (sulfide) groups is 1. The van der Waals surface area contributed by atoms with Crippen molar-refractivity contribution in [2.45, 2.75) is 44.2 Å². The number of hydrogen-bond acceptors (Lipinski definition) is 6. The van der Waals surface area contributed by atoms with Gasteiger partial charge in [0.05, 0.1) is 12.4 Å². The van der Waals surface area contributed by atoms with Crippen LogP contribution in [0.1, 0.15) is 37.7 Å². The van der Waals surface area contributed by atoms with E-state index in [1.165, 1.54) is 49.4 Å². The molecule has 1 aliphatic rings. The van der Waals surface area contributed by atoms with Crippen molar-refractivity contribution in [1.82, 2.24) is 19.7 Å². The molecule has 3 aromatic rings. The monoisotopic (exact) mass is 437 g/mol. The molecule has 2 aromatic heterocycles. The molecule has 0 spiro atoms. The number of aryl methyl sites for hydroxylation is 1. The first-order valence-corrected chi connectivity index (χ1v) is 11.6. The normalized spacial score (nSPS) is 14.4. The molecule has 1 aromatic carbocycles. The molecule has 8 heteroatoms. The molecule has 1 fully saturated rings. The van der Waals surface area contributed by atoms with Crippen LogP contribution in [0, 0.1) is 12.8 Å². The SMILES string of the molecule is Cc1ccc(-n2cnnc2SCC(=O)Nc2ncccc2OCC2CCCCC2)cc1. The fraction of sp³-hybridized carbons (Fsp3) is 0.391. The average molecular weight is 438 g/mol. The van der Waals surface area contributed by atoms with Crippen molar-refractivity contribution in [1.29, 1.82) is 0 Å². The van der Waals surface area contributed by atoms with Crippen molar-refractivity contribution in [3.63, 3.8) is 0 Å². The number of anilines is 1. The van der Waals surface area contributed by atoms with Crippen molar-refractivity contribution in [3.05, 3.63) is 54.5 Å². The highest BCUT2D eigenvalue weighted by molar-refractivity contribution is 7.99. The maximum Gasteiger partial charge on any atom is 0.236 e. The van der Waals surface area contributed by atoms with Crippen LogP contribution in [0.4, 0.5) is 5.82 Å². The summed E-state index contributed by atoms with van der Waals surface area (Å²) in [5.41, 5.74) is 2.14. The Morgan fingerprint density at radius 3 is 2.81 bits per heavy atom. The highest BCUT2D eigenvalue weighted by Crippen LogP contribution is 2.27. The quantitative estimate of drug-likeness (QED) is 0.516. The molecule has 1 N–H and O–H groups in total. The lowest BCUT2D eigenvalue weighted by molar-refractivity contribution is -0.113. The number of nitrogens with one attached hydrogen (secondary N) is 1. The summed E-state index contributed by atoms with van der Waals surface area (Å²) in [5.74, 6) is 1.70. The Morgan fingerprint density at radius 1 is 1.19 bits per heavy atom. The van der Waals surface area contributed by atoms with Gasteiger partial charge in [-0.2, -0.15) is 0 Å². The number of carbonyl (C=O) groups excluding carboxylic acids is 1. The van der Waals surface area contributed by atoms with Crippen LogP contribution in [-0.4, -0.2) is 38.0 Å². The first kappa shape index (κ1) is 21.4. The van der Waals surface area contributed by atoms with Gasteiger partial charge in [-0.15, -0.1) is 10.2 Å². The number of hydrogen-bond donors (Lipinski definition) is 1. The standard InChI is InChI=1S/C23H27N5O2S/c1-17-9-11-19(12-10-17)28-16-25-27-23(28)31-15-21(29)26-22-20(8-5-13-24-22)30-14-18-6-3-2-4-7-18/h5,8-13,16,18H,2-4,6-7,14-15H2,1H3,(H,24,26,29). The summed E-state index contributed by atoms with van der Waals surface area (Å²) in [6, 6.07) is 11.8. The van der Waals surface area contributed by atoms with Gasteiger partial charge in [-0.1, -0.05) is 48.7 Å². The number of pyridine rings is 1. The van der Waals surface area contributed by atoms with Gasteiger partial charge in [0, 0.05) is 11.9 Å². The van der Waals surface area contributed by atoms with E-state index in [1.807, 2.05) is 47.9 Å². The van der Waals surface area contributed by atoms with Crippen molar-refractivity contribution in [2.24, 2.45) is 5.92 Å². The molecular formula is C23H27N5O2S. The second-order valence-electron chi connectivity index (χ2n) is 7.82. The van der Waals surface area contributed by atoms with Crippen molar-refractivity contribution in [3.8, 4) is 11.4 Å². The highest BCUT2D eigenvalue weighted by Gasteiger charge is 2.16. The Morgan fingerprint density at radius 2 is 2.00 bits per heavy atom. The highest BCUT2D eigenvalue weighted by atomic mass is 32.2. The van der Waals surface area contributed by atoms with Crippen LogP contribution in [-0.2, 0) is 4.79 Å². The zero-order valence-electron chi connectivity index (χ0n) is 17.7. The lowest BCUT2D eigenvalue weighted by Crippen LogP contribution is -2.18. The van der Waals surface area contributed by atoms with Crippen molar-refractivity contribution in [2.75, 3.05) is 17.7 Å². The van der Waals surface area contributed by atoms with Gasteiger partial charge in [0.25, 0.3) is 0 Å². The number of nitrogens with zero attached hydrogens (tertiary/aromatic N) is 4. The van der Waals surface area contributed by atoms with Gasteiger partial charge in [-0.25, -0.2) is 4.98 Å². The molecule has 0 aliphatic heterocycles. The Labute approximate surface area is 186 Å². The van der Waals surface area contributed by atoms with Crippen molar-refractivity contribution < 1.29 is 9.53 Å². The van der Waals surface area contributed by atoms with E-state index in [9.17, 15) is 4.79 Å². The summed E-state index contributed by atoms with van der Waals surface area (Å²) in [7, 11) is 0. The minimum atomic E-state index is -0.162. The molecule has 31 heavy (non-hydrogen) atoms. The molecule has 1 aliphatic carbocycles. The summed E-state index contributed by atoms with van der Waals surface area (Å²) in [5, 5.41) is 11.7. The minimum Gasteiger partial charge on any atom is -0.489 e. The molecule has 0 unspecified atom stereocenters. The second-order valence-corrected chi connectivity index (χ2v) is 8.76. The van der Waals surface area contributed by atoms with Gasteiger partial charge in [0.2, 0.25) is 5.91 Å². The maximum absolute atomic E-state index is 12.6. The van der Waals surface area contributed by atoms with Gasteiger partial charge in [-0.3, -0.25) is 9.36 Å². The predicted molar refractivity (Wildman–Crippen MR) is 122 cm³/mol. The van der Waals surface area contributed by atoms with E-state index in [2.05, 4.69) is 20.5 Å². The molecule has 4 rings (SSSR count). The molecular weight excluding hydrogens is 410 g/mol. The van der Waals surface area contributed by atoms with Gasteiger partial charge in [0.15, 0.2) is 16.7 Å². The topological polar surface area (TPSA) is 81.9 Å². The average Bonchev–Trinajstić information content (AvgIpc) is 3.27. The maximum atomic E-state index is 12.6. The second kappa shape index (κ2) is 10.4. The van der Waals surface area contributed by atoms with Crippen LogP contribution in [0.25, 0.3) is 5.69 Å². The van der Waals surface area contributed by atoms with E-state index in [0.717, 1.165) is 5.69 Å².